The highest BCUT2D eigenvalue weighted by Crippen LogP contribution is 2.35. The molecule has 0 atom stereocenters. The Labute approximate surface area is 83.2 Å². The SMILES string of the molecule is Cc1ccc2c(c1)-c1nn(C)cc1C2. The van der Waals surface area contributed by atoms with Crippen LogP contribution in [-0.2, 0) is 13.5 Å². The molecule has 0 unspecified atom stereocenters. The minimum Gasteiger partial charge on any atom is -0.275 e. The van der Waals surface area contributed by atoms with Gasteiger partial charge in [-0.05, 0) is 18.6 Å². The molecule has 1 aliphatic rings. The van der Waals surface area contributed by atoms with Crippen molar-refractivity contribution >= 4 is 0 Å². The van der Waals surface area contributed by atoms with Crippen LogP contribution in [0.3, 0.4) is 0 Å². The molecule has 0 N–H and O–H groups in total. The molecule has 0 saturated carbocycles. The number of aryl methyl sites for hydroxylation is 2. The average molecular weight is 184 g/mol. The van der Waals surface area contributed by atoms with E-state index in [0.29, 0.717) is 0 Å². The van der Waals surface area contributed by atoms with Crippen molar-refractivity contribution in [1.29, 1.82) is 0 Å². The molecule has 1 aromatic heterocycles. The quantitative estimate of drug-likeness (QED) is 0.524. The summed E-state index contributed by atoms with van der Waals surface area (Å²) in [4.78, 5) is 0. The molecule has 0 fully saturated rings. The number of hydrogen-bond acceptors (Lipinski definition) is 1. The van der Waals surface area contributed by atoms with Gasteiger partial charge in [-0.3, -0.25) is 4.68 Å². The molecule has 0 amide bonds. The topological polar surface area (TPSA) is 17.8 Å². The second-order valence-electron chi connectivity index (χ2n) is 4.01. The van der Waals surface area contributed by atoms with Gasteiger partial charge in [0.2, 0.25) is 0 Å². The van der Waals surface area contributed by atoms with E-state index in [0.717, 1.165) is 6.42 Å². The molecule has 0 saturated heterocycles. The van der Waals surface area contributed by atoms with Gasteiger partial charge in [0.05, 0.1) is 5.69 Å². The van der Waals surface area contributed by atoms with Crippen molar-refractivity contribution in [2.24, 2.45) is 7.05 Å². The average Bonchev–Trinajstić information content (AvgIpc) is 2.62. The van der Waals surface area contributed by atoms with Crippen molar-refractivity contribution < 1.29 is 0 Å². The van der Waals surface area contributed by atoms with E-state index < -0.39 is 0 Å². The van der Waals surface area contributed by atoms with Crippen molar-refractivity contribution in [2.75, 3.05) is 0 Å². The molecule has 14 heavy (non-hydrogen) atoms. The van der Waals surface area contributed by atoms with Gasteiger partial charge in [0.25, 0.3) is 0 Å². The van der Waals surface area contributed by atoms with Crippen molar-refractivity contribution in [1.82, 2.24) is 9.78 Å². The molecule has 70 valence electrons. The summed E-state index contributed by atoms with van der Waals surface area (Å²) in [6.45, 7) is 2.13. The van der Waals surface area contributed by atoms with E-state index in [1.807, 2.05) is 11.7 Å². The largest absolute Gasteiger partial charge is 0.275 e. The highest BCUT2D eigenvalue weighted by molar-refractivity contribution is 5.73. The fourth-order valence-corrected chi connectivity index (χ4v) is 2.16. The van der Waals surface area contributed by atoms with Crippen molar-refractivity contribution in [3.8, 4) is 11.3 Å². The van der Waals surface area contributed by atoms with E-state index >= 15 is 0 Å². The van der Waals surface area contributed by atoms with Gasteiger partial charge in [0, 0.05) is 30.8 Å². The number of hydrogen-bond donors (Lipinski definition) is 0. The van der Waals surface area contributed by atoms with Gasteiger partial charge in [-0.2, -0.15) is 5.10 Å². The minimum absolute atomic E-state index is 1.04. The van der Waals surface area contributed by atoms with Crippen LogP contribution < -0.4 is 0 Å². The van der Waals surface area contributed by atoms with E-state index in [-0.39, 0.29) is 0 Å². The summed E-state index contributed by atoms with van der Waals surface area (Å²) in [5, 5.41) is 4.49. The third-order valence-electron chi connectivity index (χ3n) is 2.81. The monoisotopic (exact) mass is 184 g/mol. The Morgan fingerprint density at radius 2 is 2.14 bits per heavy atom. The van der Waals surface area contributed by atoms with Crippen LogP contribution in [-0.4, -0.2) is 9.78 Å². The lowest BCUT2D eigenvalue weighted by Crippen LogP contribution is -1.90. The Kier molecular flexibility index (Phi) is 1.38. The highest BCUT2D eigenvalue weighted by Gasteiger charge is 2.21. The van der Waals surface area contributed by atoms with Gasteiger partial charge in [-0.1, -0.05) is 17.7 Å². The maximum absolute atomic E-state index is 4.49. The fraction of sp³-hybridized carbons (Fsp3) is 0.250. The molecule has 0 spiro atoms. The molecule has 1 heterocycles. The lowest BCUT2D eigenvalue weighted by atomic mass is 10.1. The van der Waals surface area contributed by atoms with E-state index in [9.17, 15) is 0 Å². The number of nitrogens with zero attached hydrogens (tertiary/aromatic N) is 2. The first-order chi connectivity index (χ1) is 6.74. The van der Waals surface area contributed by atoms with Crippen molar-refractivity contribution in [2.45, 2.75) is 13.3 Å². The molecule has 0 radical (unpaired) electrons. The highest BCUT2D eigenvalue weighted by atomic mass is 15.3. The summed E-state index contributed by atoms with van der Waals surface area (Å²) in [5.74, 6) is 0. The normalized spacial score (nSPS) is 12.7. The van der Waals surface area contributed by atoms with Crippen LogP contribution in [0, 0.1) is 6.92 Å². The predicted molar refractivity (Wildman–Crippen MR) is 56.2 cm³/mol. The molecule has 0 bridgehead atoms. The number of rotatable bonds is 0. The summed E-state index contributed by atoms with van der Waals surface area (Å²) in [6.07, 6.45) is 3.16. The Hall–Kier alpha value is -1.57. The summed E-state index contributed by atoms with van der Waals surface area (Å²) in [7, 11) is 1.98. The van der Waals surface area contributed by atoms with Gasteiger partial charge in [-0.25, -0.2) is 0 Å². The number of benzene rings is 1. The van der Waals surface area contributed by atoms with Crippen LogP contribution in [0.15, 0.2) is 24.4 Å². The smallest absolute Gasteiger partial charge is 0.0961 e. The lowest BCUT2D eigenvalue weighted by Gasteiger charge is -2.00. The van der Waals surface area contributed by atoms with Gasteiger partial charge in [-0.15, -0.1) is 0 Å². The molecule has 1 aliphatic carbocycles. The molecule has 1 aromatic carbocycles. The third-order valence-corrected chi connectivity index (χ3v) is 2.81. The van der Waals surface area contributed by atoms with E-state index in [4.69, 9.17) is 0 Å². The first-order valence-corrected chi connectivity index (χ1v) is 4.86. The number of fused-ring (bicyclic) bond motifs is 3. The van der Waals surface area contributed by atoms with Gasteiger partial charge in [0.15, 0.2) is 0 Å². The van der Waals surface area contributed by atoms with Gasteiger partial charge < -0.3 is 0 Å². The Bertz CT molecular complexity index is 509. The lowest BCUT2D eigenvalue weighted by molar-refractivity contribution is 0.768. The van der Waals surface area contributed by atoms with E-state index in [1.54, 1.807) is 0 Å². The first-order valence-electron chi connectivity index (χ1n) is 4.86. The fourth-order valence-electron chi connectivity index (χ4n) is 2.16. The minimum atomic E-state index is 1.04. The van der Waals surface area contributed by atoms with Gasteiger partial charge in [0.1, 0.15) is 0 Å². The van der Waals surface area contributed by atoms with Crippen molar-refractivity contribution in [3.63, 3.8) is 0 Å². The molecule has 3 rings (SSSR count). The van der Waals surface area contributed by atoms with E-state index in [1.165, 1.54) is 27.9 Å². The molecular formula is C12H12N2. The molecule has 2 aromatic rings. The predicted octanol–water partition coefficient (Wildman–Crippen LogP) is 2.30. The Morgan fingerprint density at radius 3 is 3.00 bits per heavy atom. The third kappa shape index (κ3) is 0.939. The molecule has 2 nitrogen and oxygen atoms in total. The summed E-state index contributed by atoms with van der Waals surface area (Å²) in [5.41, 5.74) is 6.57. The summed E-state index contributed by atoms with van der Waals surface area (Å²) in [6, 6.07) is 6.62. The standard InChI is InChI=1S/C12H12N2/c1-8-3-4-9-6-10-7-14(2)13-12(10)11(9)5-8/h3-5,7H,6H2,1-2H3. The molecule has 2 heteroatoms. The Morgan fingerprint density at radius 1 is 1.29 bits per heavy atom. The first kappa shape index (κ1) is 7.80. The summed E-state index contributed by atoms with van der Waals surface area (Å²) >= 11 is 0. The second kappa shape index (κ2) is 2.47. The van der Waals surface area contributed by atoms with Gasteiger partial charge >= 0.3 is 0 Å². The van der Waals surface area contributed by atoms with Crippen LogP contribution in [0.25, 0.3) is 11.3 Å². The van der Waals surface area contributed by atoms with Crippen LogP contribution in [0.5, 0.6) is 0 Å². The maximum Gasteiger partial charge on any atom is 0.0961 e. The second-order valence-corrected chi connectivity index (χ2v) is 4.01. The Balaban J connectivity index is 2.28. The van der Waals surface area contributed by atoms with E-state index in [2.05, 4.69) is 36.4 Å². The summed E-state index contributed by atoms with van der Waals surface area (Å²) < 4.78 is 1.90. The van der Waals surface area contributed by atoms with Crippen LogP contribution in [0.1, 0.15) is 16.7 Å². The zero-order valence-electron chi connectivity index (χ0n) is 8.41. The zero-order valence-corrected chi connectivity index (χ0v) is 8.41. The molecular weight excluding hydrogens is 172 g/mol. The van der Waals surface area contributed by atoms with Crippen LogP contribution >= 0.6 is 0 Å². The maximum atomic E-state index is 4.49. The van der Waals surface area contributed by atoms with Crippen LogP contribution in [0.4, 0.5) is 0 Å². The zero-order chi connectivity index (χ0) is 9.71. The number of aromatic nitrogens is 2. The molecule has 0 aliphatic heterocycles. The van der Waals surface area contributed by atoms with Crippen LogP contribution in [0.2, 0.25) is 0 Å². The van der Waals surface area contributed by atoms with Crippen molar-refractivity contribution in [3.05, 3.63) is 41.1 Å².